The molecular weight excluding hydrogens is 322 g/mol. The molecule has 1 aromatic rings. The van der Waals surface area contributed by atoms with Crippen molar-refractivity contribution < 1.29 is 23.9 Å². The van der Waals surface area contributed by atoms with E-state index in [0.717, 1.165) is 5.56 Å². The highest BCUT2D eigenvalue weighted by molar-refractivity contribution is 5.96. The Hall–Kier alpha value is -2.37. The lowest BCUT2D eigenvalue weighted by atomic mass is 9.84. The highest BCUT2D eigenvalue weighted by Crippen LogP contribution is 2.27. The van der Waals surface area contributed by atoms with Crippen molar-refractivity contribution in [3.05, 3.63) is 35.9 Å². The normalized spacial score (nSPS) is 20.0. The standard InChI is InChI=1S/C19H25NO5/c1-3-25-18(22)13-17(21)15-9-10-20(19(23)24-2)16(12-15)11-14-7-5-4-6-8-14/h4-8,15-16H,3,9-13H2,1-2H3/t15-,16+/m0/s1. The molecule has 1 amide bonds. The number of methoxy groups -OCH3 is 1. The van der Waals surface area contributed by atoms with Gasteiger partial charge in [0.15, 0.2) is 0 Å². The summed E-state index contributed by atoms with van der Waals surface area (Å²) in [5.41, 5.74) is 1.10. The van der Waals surface area contributed by atoms with Gasteiger partial charge in [-0.1, -0.05) is 30.3 Å². The zero-order chi connectivity index (χ0) is 18.2. The van der Waals surface area contributed by atoms with Crippen LogP contribution in [0.15, 0.2) is 30.3 Å². The van der Waals surface area contributed by atoms with Gasteiger partial charge >= 0.3 is 12.1 Å². The van der Waals surface area contributed by atoms with E-state index in [1.807, 2.05) is 30.3 Å². The van der Waals surface area contributed by atoms with Crippen molar-refractivity contribution in [2.75, 3.05) is 20.3 Å². The van der Waals surface area contributed by atoms with Crippen LogP contribution in [0.1, 0.15) is 31.7 Å². The second-order valence-corrected chi connectivity index (χ2v) is 6.18. The van der Waals surface area contributed by atoms with Crippen LogP contribution in [0.3, 0.4) is 0 Å². The maximum atomic E-state index is 12.4. The number of likely N-dealkylation sites (tertiary alicyclic amines) is 1. The van der Waals surface area contributed by atoms with Gasteiger partial charge < -0.3 is 14.4 Å². The quantitative estimate of drug-likeness (QED) is 0.584. The predicted molar refractivity (Wildman–Crippen MR) is 92.0 cm³/mol. The number of nitrogens with zero attached hydrogens (tertiary/aromatic N) is 1. The summed E-state index contributed by atoms with van der Waals surface area (Å²) in [6.45, 7) is 2.43. The van der Waals surface area contributed by atoms with Gasteiger partial charge in [-0.15, -0.1) is 0 Å². The summed E-state index contributed by atoms with van der Waals surface area (Å²) in [4.78, 5) is 37.7. The Labute approximate surface area is 148 Å². The van der Waals surface area contributed by atoms with Crippen LogP contribution in [-0.4, -0.2) is 49.0 Å². The molecular formula is C19H25NO5. The van der Waals surface area contributed by atoms with Crippen LogP contribution in [0.2, 0.25) is 0 Å². The largest absolute Gasteiger partial charge is 0.466 e. The van der Waals surface area contributed by atoms with E-state index in [0.29, 0.717) is 25.8 Å². The monoisotopic (exact) mass is 347 g/mol. The van der Waals surface area contributed by atoms with Crippen LogP contribution < -0.4 is 0 Å². The molecule has 2 rings (SSSR count). The van der Waals surface area contributed by atoms with Crippen molar-refractivity contribution in [3.8, 4) is 0 Å². The van der Waals surface area contributed by atoms with Gasteiger partial charge in [0.05, 0.1) is 13.7 Å². The van der Waals surface area contributed by atoms with Crippen molar-refractivity contribution in [1.29, 1.82) is 0 Å². The molecule has 0 aliphatic carbocycles. The molecule has 1 aliphatic rings. The molecule has 1 saturated heterocycles. The molecule has 1 fully saturated rings. The zero-order valence-electron chi connectivity index (χ0n) is 14.8. The van der Waals surface area contributed by atoms with Crippen LogP contribution in [-0.2, 0) is 25.5 Å². The summed E-state index contributed by atoms with van der Waals surface area (Å²) >= 11 is 0. The van der Waals surface area contributed by atoms with Gasteiger partial charge in [0.25, 0.3) is 0 Å². The number of esters is 1. The van der Waals surface area contributed by atoms with Crippen molar-refractivity contribution in [1.82, 2.24) is 4.90 Å². The first-order valence-corrected chi connectivity index (χ1v) is 8.62. The number of benzene rings is 1. The van der Waals surface area contributed by atoms with Gasteiger partial charge in [0, 0.05) is 18.5 Å². The lowest BCUT2D eigenvalue weighted by molar-refractivity contribution is -0.146. The Morgan fingerprint density at radius 3 is 2.56 bits per heavy atom. The second-order valence-electron chi connectivity index (χ2n) is 6.18. The average molecular weight is 347 g/mol. The molecule has 136 valence electrons. The van der Waals surface area contributed by atoms with Gasteiger partial charge in [-0.3, -0.25) is 9.59 Å². The summed E-state index contributed by atoms with van der Waals surface area (Å²) < 4.78 is 9.74. The highest BCUT2D eigenvalue weighted by Gasteiger charge is 2.35. The SMILES string of the molecule is CCOC(=O)CC(=O)[C@H]1CCN(C(=O)OC)[C@H](Cc2ccccc2)C1. The molecule has 0 aromatic heterocycles. The zero-order valence-corrected chi connectivity index (χ0v) is 14.8. The summed E-state index contributed by atoms with van der Waals surface area (Å²) in [7, 11) is 1.36. The number of piperidine rings is 1. The molecule has 0 N–H and O–H groups in total. The number of carbonyl (C=O) groups is 3. The maximum Gasteiger partial charge on any atom is 0.409 e. The van der Waals surface area contributed by atoms with E-state index in [1.54, 1.807) is 11.8 Å². The molecule has 0 saturated carbocycles. The third-order valence-corrected chi connectivity index (χ3v) is 4.52. The number of hydrogen-bond donors (Lipinski definition) is 0. The minimum absolute atomic E-state index is 0.110. The summed E-state index contributed by atoms with van der Waals surface area (Å²) in [5.74, 6) is -0.831. The van der Waals surface area contributed by atoms with E-state index in [-0.39, 0.29) is 36.9 Å². The van der Waals surface area contributed by atoms with Crippen molar-refractivity contribution in [2.24, 2.45) is 5.92 Å². The fourth-order valence-corrected chi connectivity index (χ4v) is 3.28. The number of ether oxygens (including phenoxy) is 2. The topological polar surface area (TPSA) is 72.9 Å². The van der Waals surface area contributed by atoms with Crippen LogP contribution >= 0.6 is 0 Å². The van der Waals surface area contributed by atoms with Crippen molar-refractivity contribution >= 4 is 17.8 Å². The van der Waals surface area contributed by atoms with Gasteiger partial charge in [0.1, 0.15) is 12.2 Å². The molecule has 0 bridgehead atoms. The third-order valence-electron chi connectivity index (χ3n) is 4.52. The van der Waals surface area contributed by atoms with Crippen LogP contribution in [0, 0.1) is 5.92 Å². The summed E-state index contributed by atoms with van der Waals surface area (Å²) in [5, 5.41) is 0. The number of carbonyl (C=O) groups excluding carboxylic acids is 3. The van der Waals surface area contributed by atoms with E-state index < -0.39 is 5.97 Å². The van der Waals surface area contributed by atoms with Gasteiger partial charge in [0.2, 0.25) is 0 Å². The lowest BCUT2D eigenvalue weighted by Crippen LogP contribution is -2.48. The fourth-order valence-electron chi connectivity index (χ4n) is 3.28. The Morgan fingerprint density at radius 1 is 1.20 bits per heavy atom. The Morgan fingerprint density at radius 2 is 1.92 bits per heavy atom. The molecule has 6 heteroatoms. The van der Waals surface area contributed by atoms with E-state index in [2.05, 4.69) is 0 Å². The van der Waals surface area contributed by atoms with Crippen molar-refractivity contribution in [3.63, 3.8) is 0 Å². The molecule has 0 unspecified atom stereocenters. The molecule has 1 aromatic carbocycles. The highest BCUT2D eigenvalue weighted by atomic mass is 16.5. The van der Waals surface area contributed by atoms with Gasteiger partial charge in [-0.2, -0.15) is 0 Å². The van der Waals surface area contributed by atoms with Crippen LogP contribution in [0.4, 0.5) is 4.79 Å². The third kappa shape index (κ3) is 5.31. The Kier molecular flexibility index (Phi) is 6.98. The lowest BCUT2D eigenvalue weighted by Gasteiger charge is -2.38. The number of rotatable bonds is 6. The van der Waals surface area contributed by atoms with Crippen molar-refractivity contribution in [2.45, 2.75) is 38.6 Å². The second kappa shape index (κ2) is 9.20. The average Bonchev–Trinajstić information content (AvgIpc) is 2.62. The van der Waals surface area contributed by atoms with Gasteiger partial charge in [-0.25, -0.2) is 4.79 Å². The minimum Gasteiger partial charge on any atom is -0.466 e. The number of hydrogen-bond acceptors (Lipinski definition) is 5. The van der Waals surface area contributed by atoms with E-state index in [9.17, 15) is 14.4 Å². The maximum absolute atomic E-state index is 12.4. The molecule has 2 atom stereocenters. The first-order valence-electron chi connectivity index (χ1n) is 8.62. The van der Waals surface area contributed by atoms with Crippen LogP contribution in [0.5, 0.6) is 0 Å². The first kappa shape index (κ1) is 19.0. The Balaban J connectivity index is 2.06. The summed E-state index contributed by atoms with van der Waals surface area (Å²) in [6.07, 6.45) is 1.15. The van der Waals surface area contributed by atoms with E-state index in [4.69, 9.17) is 9.47 Å². The number of Topliss-reactive ketones (excluding diaryl/α,β-unsaturated/α-hetero) is 1. The minimum atomic E-state index is -0.484. The molecule has 6 nitrogen and oxygen atoms in total. The number of amides is 1. The van der Waals surface area contributed by atoms with Gasteiger partial charge in [-0.05, 0) is 31.7 Å². The van der Waals surface area contributed by atoms with Crippen LogP contribution in [0.25, 0.3) is 0 Å². The smallest absolute Gasteiger partial charge is 0.409 e. The molecule has 0 spiro atoms. The molecule has 1 aliphatic heterocycles. The molecule has 1 heterocycles. The molecule has 25 heavy (non-hydrogen) atoms. The van der Waals surface area contributed by atoms with E-state index >= 15 is 0 Å². The molecule has 0 radical (unpaired) electrons. The van der Waals surface area contributed by atoms with E-state index in [1.165, 1.54) is 7.11 Å². The summed E-state index contributed by atoms with van der Waals surface area (Å²) in [6, 6.07) is 9.71. The first-order chi connectivity index (χ1) is 12.0. The Bertz CT molecular complexity index is 601. The number of ketones is 1. The predicted octanol–water partition coefficient (Wildman–Crippen LogP) is 2.60. The fraction of sp³-hybridized carbons (Fsp3) is 0.526.